The predicted molar refractivity (Wildman–Crippen MR) is 155 cm³/mol. The summed E-state index contributed by atoms with van der Waals surface area (Å²) in [5.74, 6) is 1.61. The van der Waals surface area contributed by atoms with E-state index in [0.29, 0.717) is 25.6 Å². The van der Waals surface area contributed by atoms with E-state index in [9.17, 15) is 10.1 Å². The van der Waals surface area contributed by atoms with Crippen LogP contribution in [0.3, 0.4) is 0 Å². The minimum atomic E-state index is -0.400. The van der Waals surface area contributed by atoms with Crippen molar-refractivity contribution < 1.29 is 23.7 Å². The van der Waals surface area contributed by atoms with Crippen LogP contribution in [0.15, 0.2) is 71.2 Å². The third-order valence-corrected chi connectivity index (χ3v) is 6.85. The molecule has 0 saturated heterocycles. The monoisotopic (exact) mass is 593 g/mol. The van der Waals surface area contributed by atoms with Crippen LogP contribution in [-0.4, -0.2) is 25.8 Å². The van der Waals surface area contributed by atoms with Gasteiger partial charge in [0.15, 0.2) is 6.61 Å². The molecule has 3 rings (SSSR count). The molecule has 0 aliphatic rings. The number of benzene rings is 3. The first kappa shape index (κ1) is 30.0. The van der Waals surface area contributed by atoms with Gasteiger partial charge in [-0.05, 0) is 77.0 Å². The van der Waals surface area contributed by atoms with E-state index in [4.69, 9.17) is 18.9 Å². The Morgan fingerprint density at radius 1 is 0.923 bits per heavy atom. The van der Waals surface area contributed by atoms with Gasteiger partial charge in [0.2, 0.25) is 0 Å². The molecule has 0 fully saturated rings. The van der Waals surface area contributed by atoms with Crippen molar-refractivity contribution in [1.82, 2.24) is 0 Å². The molecule has 0 spiro atoms. The molecule has 0 N–H and O–H groups in total. The van der Waals surface area contributed by atoms with Crippen molar-refractivity contribution in [2.75, 3.05) is 19.8 Å². The lowest BCUT2D eigenvalue weighted by Gasteiger charge is -2.15. The number of hydrogen-bond donors (Lipinski definition) is 0. The Bertz CT molecular complexity index is 1210. The first-order chi connectivity index (χ1) is 19.0. The van der Waals surface area contributed by atoms with E-state index in [1.54, 1.807) is 19.1 Å². The number of carbonyl (C=O) groups excluding carboxylic acids is 1. The molecular weight excluding hydrogens is 558 g/mol. The molecule has 1 atom stereocenters. The van der Waals surface area contributed by atoms with Crippen LogP contribution in [0.2, 0.25) is 0 Å². The van der Waals surface area contributed by atoms with Crippen LogP contribution in [0.5, 0.6) is 17.2 Å². The number of hydrogen-bond acceptors (Lipinski definition) is 6. The normalized spacial score (nSPS) is 11.3. The van der Waals surface area contributed by atoms with Crippen molar-refractivity contribution in [3.05, 3.63) is 87.9 Å². The molecule has 206 valence electrons. The lowest BCUT2D eigenvalue weighted by atomic mass is 9.94. The molecule has 1 unspecified atom stereocenters. The summed E-state index contributed by atoms with van der Waals surface area (Å²) < 4.78 is 23.4. The predicted octanol–water partition coefficient (Wildman–Crippen LogP) is 7.78. The molecule has 0 aliphatic heterocycles. The molecule has 3 aromatic rings. The van der Waals surface area contributed by atoms with Crippen LogP contribution in [0.4, 0.5) is 0 Å². The summed E-state index contributed by atoms with van der Waals surface area (Å²) in [6.07, 6.45) is 4.43. The van der Waals surface area contributed by atoms with Gasteiger partial charge in [-0.2, -0.15) is 5.26 Å². The van der Waals surface area contributed by atoms with Crippen LogP contribution in [0, 0.1) is 11.3 Å². The van der Waals surface area contributed by atoms with Crippen molar-refractivity contribution >= 4 is 21.9 Å². The quantitative estimate of drug-likeness (QED) is 0.125. The van der Waals surface area contributed by atoms with Crippen molar-refractivity contribution in [3.8, 4) is 23.3 Å². The van der Waals surface area contributed by atoms with Crippen molar-refractivity contribution in [2.45, 2.75) is 58.5 Å². The largest absolute Gasteiger partial charge is 0.493 e. The summed E-state index contributed by atoms with van der Waals surface area (Å²) in [5, 5.41) is 9.68. The number of ether oxygens (including phenoxy) is 4. The highest BCUT2D eigenvalue weighted by Gasteiger charge is 2.13. The van der Waals surface area contributed by atoms with E-state index >= 15 is 0 Å². The number of esters is 1. The Kier molecular flexibility index (Phi) is 12.7. The lowest BCUT2D eigenvalue weighted by molar-refractivity contribution is -0.145. The fourth-order valence-corrected chi connectivity index (χ4v) is 4.59. The smallest absolute Gasteiger partial charge is 0.344 e. The molecule has 0 aliphatic carbocycles. The SMILES string of the molecule is CCOC(=O)COc1ccc(C(C#N)CCCCCOc2cc(OCc3ccccc3)c(Br)cc2CC)cc1. The molecule has 0 saturated carbocycles. The summed E-state index contributed by atoms with van der Waals surface area (Å²) >= 11 is 3.63. The maximum atomic E-state index is 11.4. The zero-order chi connectivity index (χ0) is 27.9. The summed E-state index contributed by atoms with van der Waals surface area (Å²) in [7, 11) is 0. The molecule has 0 amide bonds. The van der Waals surface area contributed by atoms with Crippen molar-refractivity contribution in [2.24, 2.45) is 0 Å². The molecule has 0 bridgehead atoms. The van der Waals surface area contributed by atoms with Crippen LogP contribution in [0.25, 0.3) is 0 Å². The van der Waals surface area contributed by atoms with E-state index in [0.717, 1.165) is 64.8 Å². The van der Waals surface area contributed by atoms with Crippen molar-refractivity contribution in [3.63, 3.8) is 0 Å². The summed E-state index contributed by atoms with van der Waals surface area (Å²) in [6.45, 7) is 5.17. The Morgan fingerprint density at radius 3 is 2.38 bits per heavy atom. The maximum Gasteiger partial charge on any atom is 0.344 e. The Morgan fingerprint density at radius 2 is 1.69 bits per heavy atom. The first-order valence-electron chi connectivity index (χ1n) is 13.4. The number of nitriles is 1. The van der Waals surface area contributed by atoms with E-state index in [2.05, 4.69) is 35.0 Å². The second-order valence-electron chi connectivity index (χ2n) is 9.06. The number of unbranched alkanes of at least 4 members (excludes halogenated alkanes) is 2. The molecule has 39 heavy (non-hydrogen) atoms. The fraction of sp³-hybridized carbons (Fsp3) is 0.375. The minimum absolute atomic E-state index is 0.126. The van der Waals surface area contributed by atoms with E-state index in [-0.39, 0.29) is 12.5 Å². The second-order valence-corrected chi connectivity index (χ2v) is 9.91. The molecular formula is C32H36BrNO5. The van der Waals surface area contributed by atoms with Gasteiger partial charge < -0.3 is 18.9 Å². The first-order valence-corrected chi connectivity index (χ1v) is 14.2. The Balaban J connectivity index is 1.43. The van der Waals surface area contributed by atoms with Crippen LogP contribution < -0.4 is 14.2 Å². The number of carbonyl (C=O) groups is 1. The Labute approximate surface area is 240 Å². The topological polar surface area (TPSA) is 77.8 Å². The van der Waals surface area contributed by atoms with E-state index < -0.39 is 5.97 Å². The summed E-state index contributed by atoms with van der Waals surface area (Å²) in [6, 6.07) is 23.9. The van der Waals surface area contributed by atoms with Gasteiger partial charge in [-0.1, -0.05) is 62.2 Å². The molecule has 6 nitrogen and oxygen atoms in total. The number of rotatable bonds is 16. The van der Waals surface area contributed by atoms with Gasteiger partial charge >= 0.3 is 5.97 Å². The fourth-order valence-electron chi connectivity index (χ4n) is 4.09. The van der Waals surface area contributed by atoms with Gasteiger partial charge in [-0.15, -0.1) is 0 Å². The third kappa shape index (κ3) is 9.96. The molecule has 0 aromatic heterocycles. The van der Waals surface area contributed by atoms with Gasteiger partial charge in [0.1, 0.15) is 23.9 Å². The van der Waals surface area contributed by atoms with Crippen LogP contribution in [-0.2, 0) is 22.6 Å². The molecule has 0 heterocycles. The third-order valence-electron chi connectivity index (χ3n) is 6.23. The van der Waals surface area contributed by atoms with Gasteiger partial charge in [0.05, 0.1) is 29.7 Å². The summed E-state index contributed by atoms with van der Waals surface area (Å²) in [4.78, 5) is 11.4. The second kappa shape index (κ2) is 16.5. The van der Waals surface area contributed by atoms with E-state index in [1.165, 1.54) is 0 Å². The van der Waals surface area contributed by atoms with E-state index in [1.807, 2.05) is 48.5 Å². The highest BCUT2D eigenvalue weighted by Crippen LogP contribution is 2.34. The zero-order valence-electron chi connectivity index (χ0n) is 22.7. The van der Waals surface area contributed by atoms with Crippen LogP contribution in [0.1, 0.15) is 62.1 Å². The number of aryl methyl sites for hydroxylation is 1. The minimum Gasteiger partial charge on any atom is -0.493 e. The average molecular weight is 595 g/mol. The van der Waals surface area contributed by atoms with Gasteiger partial charge in [0, 0.05) is 6.07 Å². The molecule has 0 radical (unpaired) electrons. The lowest BCUT2D eigenvalue weighted by Crippen LogP contribution is -2.14. The zero-order valence-corrected chi connectivity index (χ0v) is 24.2. The van der Waals surface area contributed by atoms with Gasteiger partial charge in [-0.3, -0.25) is 0 Å². The average Bonchev–Trinajstić information content (AvgIpc) is 2.96. The summed E-state index contributed by atoms with van der Waals surface area (Å²) in [5.41, 5.74) is 3.19. The molecule has 3 aromatic carbocycles. The Hall–Kier alpha value is -3.50. The highest BCUT2D eigenvalue weighted by atomic mass is 79.9. The maximum absolute atomic E-state index is 11.4. The standard InChI is InChI=1S/C32H36BrNO5/c1-3-25-19-29(33)31(39-22-24-11-7-5-8-12-24)20-30(25)37-18-10-6-9-13-27(21-34)26-14-16-28(17-15-26)38-23-32(35)36-4-2/h5,7-8,11-12,14-17,19-20,27H,3-4,6,9-10,13,18,22-23H2,1-2H3. The highest BCUT2D eigenvalue weighted by molar-refractivity contribution is 9.10. The van der Waals surface area contributed by atoms with Gasteiger partial charge in [0.25, 0.3) is 0 Å². The van der Waals surface area contributed by atoms with Gasteiger partial charge in [-0.25, -0.2) is 4.79 Å². The number of halogens is 1. The number of nitrogens with zero attached hydrogens (tertiary/aromatic N) is 1. The van der Waals surface area contributed by atoms with Crippen LogP contribution >= 0.6 is 15.9 Å². The van der Waals surface area contributed by atoms with Crippen molar-refractivity contribution in [1.29, 1.82) is 5.26 Å². The molecule has 7 heteroatoms.